The zero-order valence-electron chi connectivity index (χ0n) is 16.9. The Labute approximate surface area is 158 Å². The highest BCUT2D eigenvalue weighted by Crippen LogP contribution is 2.13. The van der Waals surface area contributed by atoms with Gasteiger partial charge in [0.25, 0.3) is 0 Å². The smallest absolute Gasteiger partial charge is 0.327 e. The van der Waals surface area contributed by atoms with Crippen LogP contribution in [-0.4, -0.2) is 34.5 Å². The molecule has 0 saturated carbocycles. The van der Waals surface area contributed by atoms with Crippen LogP contribution in [0.15, 0.2) is 34.9 Å². The Kier molecular flexibility index (Phi) is 11.9. The third-order valence-corrected chi connectivity index (χ3v) is 4.54. The van der Waals surface area contributed by atoms with Gasteiger partial charge in [0.1, 0.15) is 6.04 Å². The Morgan fingerprint density at radius 1 is 1.08 bits per heavy atom. The van der Waals surface area contributed by atoms with Crippen molar-refractivity contribution < 1.29 is 16.1 Å². The minimum atomic E-state index is -0.998. The molecule has 4 nitrogen and oxygen atoms in total. The summed E-state index contributed by atoms with van der Waals surface area (Å²) >= 11 is 1.51. The van der Waals surface area contributed by atoms with Gasteiger partial charge in [-0.1, -0.05) is 34.9 Å². The average Bonchev–Trinajstić information content (AvgIpc) is 2.56. The molecule has 1 atom stereocenters. The van der Waals surface area contributed by atoms with Crippen LogP contribution in [0.25, 0.3) is 0 Å². The van der Waals surface area contributed by atoms with E-state index in [0.29, 0.717) is 12.7 Å². The molecule has 0 aliphatic carbocycles. The Balaban J connectivity index is 4.08. The highest BCUT2D eigenvalue weighted by Gasteiger charge is 2.17. The summed E-state index contributed by atoms with van der Waals surface area (Å²) < 4.78 is 7.26. The van der Waals surface area contributed by atoms with E-state index < -0.39 is 12.0 Å². The molecule has 5 heteroatoms. The molecule has 142 valence electrons. The predicted molar refractivity (Wildman–Crippen MR) is 108 cm³/mol. The largest absolute Gasteiger partial charge is 0.480 e. The molecule has 0 spiro atoms. The Hall–Kier alpha value is -1.49. The first-order chi connectivity index (χ1) is 12.3. The van der Waals surface area contributed by atoms with Gasteiger partial charge in [0.2, 0.25) is 5.91 Å². The third-order valence-electron chi connectivity index (χ3n) is 3.57. The number of carbonyl (C=O) groups is 2. The number of carbonyl (C=O) groups excluding carboxylic acids is 1. The van der Waals surface area contributed by atoms with Gasteiger partial charge in [0.15, 0.2) is 0 Å². The van der Waals surface area contributed by atoms with Crippen molar-refractivity contribution in [3.63, 3.8) is 0 Å². The zero-order valence-corrected chi connectivity index (χ0v) is 16.7. The second-order valence-electron chi connectivity index (χ2n) is 6.36. The predicted octanol–water partition coefficient (Wildman–Crippen LogP) is 4.73. The number of allylic oxidation sites excluding steroid dienone is 5. The van der Waals surface area contributed by atoms with E-state index in [1.165, 1.54) is 29.8 Å². The van der Waals surface area contributed by atoms with Crippen LogP contribution in [0, 0.1) is 0 Å². The lowest BCUT2D eigenvalue weighted by Crippen LogP contribution is -2.41. The topological polar surface area (TPSA) is 66.4 Å². The van der Waals surface area contributed by atoms with E-state index in [9.17, 15) is 9.59 Å². The maximum Gasteiger partial charge on any atom is 0.327 e. The molecule has 0 unspecified atom stereocenters. The number of aliphatic carboxylic acids is 1. The fourth-order valence-electron chi connectivity index (χ4n) is 2.10. The van der Waals surface area contributed by atoms with Crippen molar-refractivity contribution in [2.75, 3.05) is 11.5 Å². The monoisotopic (exact) mass is 368 g/mol. The van der Waals surface area contributed by atoms with Crippen LogP contribution in [0.2, 0.25) is 0 Å². The lowest BCUT2D eigenvalue weighted by molar-refractivity contribution is -0.140. The molecule has 0 radical (unpaired) electrons. The molecule has 0 aromatic heterocycles. The van der Waals surface area contributed by atoms with Crippen molar-refractivity contribution in [3.8, 4) is 0 Å². The number of hydrogen-bond acceptors (Lipinski definition) is 3. The number of nitrogens with one attached hydrogen (secondary N) is 1. The molecule has 0 aromatic carbocycles. The first-order valence-electron chi connectivity index (χ1n) is 9.30. The van der Waals surface area contributed by atoms with E-state index in [4.69, 9.17) is 6.48 Å². The van der Waals surface area contributed by atoms with Crippen LogP contribution in [-0.2, 0) is 9.59 Å². The summed E-state index contributed by atoms with van der Waals surface area (Å²) in [5.74, 6) is -0.211. The highest BCUT2D eigenvalue weighted by molar-refractivity contribution is 7.99. The summed E-state index contributed by atoms with van der Waals surface area (Å²) in [7, 11) is 0. The molecule has 0 bridgehead atoms. The summed E-state index contributed by atoms with van der Waals surface area (Å²) in [6.07, 6.45) is 10.6. The zero-order chi connectivity index (χ0) is 19.9. The van der Waals surface area contributed by atoms with Gasteiger partial charge in [-0.05, 0) is 53.4 Å². The summed E-state index contributed by atoms with van der Waals surface area (Å²) in [4.78, 5) is 22.0. The normalized spacial score (nSPS) is 14.9. The highest BCUT2D eigenvalue weighted by atomic mass is 32.2. The van der Waals surface area contributed by atoms with Gasteiger partial charge in [-0.15, -0.1) is 0 Å². The standard InChI is InChI=1S/C20H33NO3S/c1-15(2)8-6-9-16(3)10-7-11-17(4)12-13-25-14-19(20(23)24)21-18(5)22/h8,10,12,19H,6-7,9,11,13-14H2,1-5H3,(H,21,22)(H,23,24)/t19-/m0/s1/i1D. The summed E-state index contributed by atoms with van der Waals surface area (Å²) in [5, 5.41) is 11.5. The number of carboxylic acids is 1. The molecule has 1 amide bonds. The first-order valence-corrected chi connectivity index (χ1v) is 9.75. The molecule has 0 aromatic rings. The quantitative estimate of drug-likeness (QED) is 0.386. The first kappa shape index (κ1) is 21.6. The summed E-state index contributed by atoms with van der Waals surface area (Å²) in [6.45, 7) is 7.93. The molecular weight excluding hydrogens is 334 g/mol. The van der Waals surface area contributed by atoms with Crippen LogP contribution >= 0.6 is 11.8 Å². The Bertz CT molecular complexity index is 541. The third kappa shape index (κ3) is 14.6. The lowest BCUT2D eigenvalue weighted by atomic mass is 10.1. The van der Waals surface area contributed by atoms with Crippen LogP contribution in [0.1, 0.15) is 61.6 Å². The lowest BCUT2D eigenvalue weighted by Gasteiger charge is -2.12. The van der Waals surface area contributed by atoms with Gasteiger partial charge < -0.3 is 10.4 Å². The SMILES string of the molecule is [2H]CC(C)=CCCC(C)=CCCC(C)=CCSC[C@H](NC(C)=O)C(=O)O. The van der Waals surface area contributed by atoms with Crippen molar-refractivity contribution in [2.24, 2.45) is 0 Å². The van der Waals surface area contributed by atoms with Gasteiger partial charge in [-0.25, -0.2) is 4.79 Å². The summed E-state index contributed by atoms with van der Waals surface area (Å²) in [5.41, 5.74) is 3.79. The van der Waals surface area contributed by atoms with Gasteiger partial charge >= 0.3 is 5.97 Å². The van der Waals surface area contributed by atoms with Crippen molar-refractivity contribution in [2.45, 2.75) is 66.3 Å². The number of rotatable bonds is 12. The van der Waals surface area contributed by atoms with Gasteiger partial charge in [-0.3, -0.25) is 4.79 Å². The number of carboxylic acid groups (broad SMARTS) is 1. The summed E-state index contributed by atoms with van der Waals surface area (Å²) in [6, 6.07) is -0.829. The van der Waals surface area contributed by atoms with E-state index >= 15 is 0 Å². The Morgan fingerprint density at radius 2 is 1.68 bits per heavy atom. The Morgan fingerprint density at radius 3 is 2.24 bits per heavy atom. The maximum atomic E-state index is 11.0. The van der Waals surface area contributed by atoms with Crippen LogP contribution in [0.3, 0.4) is 0 Å². The number of amides is 1. The second kappa shape index (κ2) is 13.8. The fourth-order valence-corrected chi connectivity index (χ4v) is 3.10. The van der Waals surface area contributed by atoms with Crippen LogP contribution in [0.5, 0.6) is 0 Å². The van der Waals surface area contributed by atoms with Gasteiger partial charge in [0.05, 0.1) is 0 Å². The average molecular weight is 369 g/mol. The second-order valence-corrected chi connectivity index (χ2v) is 7.43. The van der Waals surface area contributed by atoms with E-state index in [-0.39, 0.29) is 5.91 Å². The van der Waals surface area contributed by atoms with Crippen LogP contribution in [0.4, 0.5) is 0 Å². The van der Waals surface area contributed by atoms with E-state index in [1.807, 2.05) is 6.92 Å². The molecule has 2 N–H and O–H groups in total. The molecule has 0 saturated heterocycles. The molecule has 0 heterocycles. The van der Waals surface area contributed by atoms with Crippen molar-refractivity contribution in [1.82, 2.24) is 5.32 Å². The van der Waals surface area contributed by atoms with E-state index in [0.717, 1.165) is 37.0 Å². The minimum absolute atomic E-state index is 0.322. The number of thioether (sulfide) groups is 1. The minimum Gasteiger partial charge on any atom is -0.480 e. The van der Waals surface area contributed by atoms with Gasteiger partial charge in [0, 0.05) is 19.8 Å². The number of hydrogen-bond donors (Lipinski definition) is 2. The van der Waals surface area contributed by atoms with Crippen molar-refractivity contribution in [1.29, 1.82) is 0 Å². The fraction of sp³-hybridized carbons (Fsp3) is 0.600. The molecular formula is C20H33NO3S. The van der Waals surface area contributed by atoms with E-state index in [2.05, 4.69) is 37.4 Å². The maximum absolute atomic E-state index is 11.0. The van der Waals surface area contributed by atoms with Crippen molar-refractivity contribution >= 4 is 23.6 Å². The van der Waals surface area contributed by atoms with Crippen molar-refractivity contribution in [3.05, 3.63) is 34.9 Å². The van der Waals surface area contributed by atoms with E-state index in [1.54, 1.807) is 0 Å². The molecule has 0 rings (SSSR count). The van der Waals surface area contributed by atoms with Crippen LogP contribution < -0.4 is 5.32 Å². The molecule has 0 aliphatic heterocycles. The molecule has 0 aliphatic rings. The van der Waals surface area contributed by atoms with Gasteiger partial charge in [-0.2, -0.15) is 11.8 Å². The molecule has 0 fully saturated rings. The molecule has 25 heavy (non-hydrogen) atoms.